The van der Waals surface area contributed by atoms with Crippen molar-refractivity contribution in [2.75, 3.05) is 13.1 Å². The highest BCUT2D eigenvalue weighted by atomic mass is 32.2. The zero-order chi connectivity index (χ0) is 21.0. The van der Waals surface area contributed by atoms with E-state index in [1.165, 1.54) is 29.2 Å². The second-order valence-corrected chi connectivity index (χ2v) is 8.31. The number of aromatic nitrogens is 2. The number of hydrogen-bond acceptors (Lipinski definition) is 8. The Morgan fingerprint density at radius 1 is 1.24 bits per heavy atom. The molecule has 0 unspecified atom stereocenters. The minimum atomic E-state index is -4.20. The molecule has 1 N–H and O–H groups in total. The molecule has 1 aliphatic heterocycles. The zero-order valence-corrected chi connectivity index (χ0v) is 16.1. The Labute approximate surface area is 165 Å². The Hall–Kier alpha value is -3.15. The molecule has 0 saturated carbocycles. The van der Waals surface area contributed by atoms with Gasteiger partial charge in [-0.25, -0.2) is 8.42 Å². The molecule has 0 aliphatic carbocycles. The maximum Gasteiger partial charge on any atom is 0.415 e. The summed E-state index contributed by atoms with van der Waals surface area (Å²) in [6.45, 7) is 0.637. The number of carboxylic acid groups (broad SMARTS) is 1. The molecule has 29 heavy (non-hydrogen) atoms. The molecule has 2 heterocycles. The van der Waals surface area contributed by atoms with Crippen LogP contribution in [0, 0.1) is 5.21 Å². The first-order chi connectivity index (χ1) is 13.8. The quantitative estimate of drug-likeness (QED) is 0.620. The lowest BCUT2D eigenvalue weighted by Gasteiger charge is -2.31. The number of carboxylic acids is 1. The highest BCUT2D eigenvalue weighted by Crippen LogP contribution is 2.27. The van der Waals surface area contributed by atoms with Crippen molar-refractivity contribution in [2.24, 2.45) is 0 Å². The van der Waals surface area contributed by atoms with Gasteiger partial charge in [-0.15, -0.1) is 0 Å². The fourth-order valence-electron chi connectivity index (χ4n) is 2.98. The second kappa shape index (κ2) is 8.47. The zero-order valence-electron chi connectivity index (χ0n) is 15.3. The number of ether oxygens (including phenoxy) is 1. The van der Waals surface area contributed by atoms with Crippen LogP contribution in [-0.2, 0) is 19.4 Å². The number of aliphatic carboxylic acids is 1. The number of sulfone groups is 1. The number of carbonyl (C=O) groups is 2. The molecule has 0 atom stereocenters. The molecule has 0 radical (unpaired) electrons. The first-order valence-electron chi connectivity index (χ1n) is 8.85. The third-order valence-electron chi connectivity index (χ3n) is 4.48. The second-order valence-electron chi connectivity index (χ2n) is 6.45. The number of rotatable bonds is 7. The van der Waals surface area contributed by atoms with Gasteiger partial charge in [0.2, 0.25) is 5.91 Å². The maximum absolute atomic E-state index is 12.7. The van der Waals surface area contributed by atoms with E-state index in [0.717, 1.165) is 0 Å². The summed E-state index contributed by atoms with van der Waals surface area (Å²) in [5, 5.41) is 23.3. The van der Waals surface area contributed by atoms with Gasteiger partial charge in [0.05, 0.1) is 16.5 Å². The third kappa shape index (κ3) is 4.65. The minimum absolute atomic E-state index is 0.0835. The van der Waals surface area contributed by atoms with Gasteiger partial charge in [-0.1, -0.05) is 18.2 Å². The molecule has 1 aromatic carbocycles. The van der Waals surface area contributed by atoms with Crippen LogP contribution in [0.25, 0.3) is 0 Å². The SMILES string of the molecule is O=C(O)CCC(=O)N1CCC(Oc2no[n+]([O-])c2S(=O)(=O)c2ccccc2)CC1. The molecular formula is C17H19N3O8S. The normalized spacial score (nSPS) is 15.2. The van der Waals surface area contributed by atoms with Crippen LogP contribution in [0.4, 0.5) is 0 Å². The average Bonchev–Trinajstić information content (AvgIpc) is 3.08. The van der Waals surface area contributed by atoms with Crippen LogP contribution >= 0.6 is 0 Å². The van der Waals surface area contributed by atoms with E-state index in [-0.39, 0.29) is 28.5 Å². The van der Waals surface area contributed by atoms with Crippen LogP contribution in [0.5, 0.6) is 5.88 Å². The van der Waals surface area contributed by atoms with E-state index in [1.807, 2.05) is 0 Å². The summed E-state index contributed by atoms with van der Waals surface area (Å²) in [5.74, 6) is -1.74. The molecule has 2 aromatic rings. The Morgan fingerprint density at radius 2 is 1.90 bits per heavy atom. The Morgan fingerprint density at radius 3 is 2.52 bits per heavy atom. The van der Waals surface area contributed by atoms with Crippen molar-refractivity contribution < 1.29 is 37.4 Å². The molecule has 12 heteroatoms. The number of piperidine rings is 1. The maximum atomic E-state index is 12.7. The van der Waals surface area contributed by atoms with E-state index in [2.05, 4.69) is 9.79 Å². The predicted molar refractivity (Wildman–Crippen MR) is 94.5 cm³/mol. The topological polar surface area (TPSA) is 154 Å². The van der Waals surface area contributed by atoms with Gasteiger partial charge in [0.25, 0.3) is 9.84 Å². The summed E-state index contributed by atoms with van der Waals surface area (Å²) in [5.41, 5.74) is 0. The molecule has 1 amide bonds. The fourth-order valence-corrected chi connectivity index (χ4v) is 4.26. The lowest BCUT2D eigenvalue weighted by atomic mass is 10.1. The van der Waals surface area contributed by atoms with Crippen LogP contribution in [0.2, 0.25) is 0 Å². The van der Waals surface area contributed by atoms with Crippen LogP contribution in [0.3, 0.4) is 0 Å². The highest BCUT2D eigenvalue weighted by Gasteiger charge is 2.37. The van der Waals surface area contributed by atoms with Gasteiger partial charge in [-0.2, -0.15) is 0 Å². The van der Waals surface area contributed by atoms with E-state index in [0.29, 0.717) is 25.9 Å². The van der Waals surface area contributed by atoms with Crippen molar-refractivity contribution in [3.63, 3.8) is 0 Å². The number of amides is 1. The van der Waals surface area contributed by atoms with Gasteiger partial charge in [0.1, 0.15) is 6.10 Å². The average molecular weight is 425 g/mol. The van der Waals surface area contributed by atoms with Crippen LogP contribution < -0.4 is 9.64 Å². The molecular weight excluding hydrogens is 406 g/mol. The molecule has 156 valence electrons. The van der Waals surface area contributed by atoms with Gasteiger partial charge in [-0.05, 0) is 17.0 Å². The molecule has 11 nitrogen and oxygen atoms in total. The third-order valence-corrected chi connectivity index (χ3v) is 6.21. The van der Waals surface area contributed by atoms with Gasteiger partial charge < -0.3 is 20.0 Å². The summed E-state index contributed by atoms with van der Waals surface area (Å²) < 4.78 is 35.5. The van der Waals surface area contributed by atoms with Crippen molar-refractivity contribution in [3.05, 3.63) is 35.5 Å². The summed E-state index contributed by atoms with van der Waals surface area (Å²) in [6.07, 6.45) is -0.0588. The van der Waals surface area contributed by atoms with Crippen molar-refractivity contribution >= 4 is 21.7 Å². The summed E-state index contributed by atoms with van der Waals surface area (Å²) in [4.78, 5) is 23.8. The van der Waals surface area contributed by atoms with Crippen LogP contribution in [0.1, 0.15) is 25.7 Å². The van der Waals surface area contributed by atoms with E-state index in [1.54, 1.807) is 6.07 Å². The monoisotopic (exact) mass is 425 g/mol. The lowest BCUT2D eigenvalue weighted by molar-refractivity contribution is -0.832. The van der Waals surface area contributed by atoms with Gasteiger partial charge in [0, 0.05) is 32.4 Å². The van der Waals surface area contributed by atoms with E-state index >= 15 is 0 Å². The van der Waals surface area contributed by atoms with Crippen molar-refractivity contribution in [2.45, 2.75) is 41.7 Å². The largest absolute Gasteiger partial charge is 0.481 e. The van der Waals surface area contributed by atoms with E-state index < -0.39 is 32.8 Å². The van der Waals surface area contributed by atoms with Crippen molar-refractivity contribution in [1.82, 2.24) is 10.1 Å². The molecule has 1 fully saturated rings. The molecule has 0 spiro atoms. The number of nitrogens with zero attached hydrogens (tertiary/aromatic N) is 3. The van der Waals surface area contributed by atoms with Crippen LogP contribution in [-0.4, -0.2) is 54.7 Å². The number of hydrogen-bond donors (Lipinski definition) is 1. The molecule has 1 saturated heterocycles. The smallest absolute Gasteiger partial charge is 0.415 e. The standard InChI is InChI=1S/C17H19N3O8S/c21-14(6-7-15(22)23)19-10-8-12(9-11-19)27-16-17(20(24)28-18-16)29(25,26)13-4-2-1-3-5-13/h1-5,12H,6-11H2,(H,22,23). The fraction of sp³-hybridized carbons (Fsp3) is 0.412. The number of likely N-dealkylation sites (tertiary alicyclic amines) is 1. The molecule has 3 rings (SSSR count). The van der Waals surface area contributed by atoms with Crippen LogP contribution in [0.15, 0.2) is 44.9 Å². The minimum Gasteiger partial charge on any atom is -0.481 e. The van der Waals surface area contributed by atoms with Crippen molar-refractivity contribution in [1.29, 1.82) is 0 Å². The van der Waals surface area contributed by atoms with Crippen molar-refractivity contribution in [3.8, 4) is 5.88 Å². The summed E-state index contributed by atoms with van der Waals surface area (Å²) >= 11 is 0. The van der Waals surface area contributed by atoms with Gasteiger partial charge in [0.15, 0.2) is 0 Å². The highest BCUT2D eigenvalue weighted by molar-refractivity contribution is 7.91. The summed E-state index contributed by atoms with van der Waals surface area (Å²) in [6, 6.07) is 7.36. The van der Waals surface area contributed by atoms with Gasteiger partial charge in [-0.3, -0.25) is 14.2 Å². The summed E-state index contributed by atoms with van der Waals surface area (Å²) in [7, 11) is -4.20. The van der Waals surface area contributed by atoms with E-state index in [9.17, 15) is 23.2 Å². The Bertz CT molecular complexity index is 981. The van der Waals surface area contributed by atoms with E-state index in [4.69, 9.17) is 9.84 Å². The molecule has 1 aliphatic rings. The number of carbonyl (C=O) groups excluding carboxylic acids is 1. The first-order valence-corrected chi connectivity index (χ1v) is 10.3. The van der Waals surface area contributed by atoms with Gasteiger partial charge >= 0.3 is 16.9 Å². The molecule has 1 aromatic heterocycles. The first kappa shape index (κ1) is 20.6. The lowest BCUT2D eigenvalue weighted by Crippen LogP contribution is -2.42. The Balaban J connectivity index is 1.67. The molecule has 0 bridgehead atoms. The Kier molecular flexibility index (Phi) is 6.01. The number of benzene rings is 1. The predicted octanol–water partition coefficient (Wildman–Crippen LogP) is 0.375.